The molecule has 4 aromatic rings. The minimum Gasteiger partial charge on any atom is -0.463 e. The van der Waals surface area contributed by atoms with E-state index in [1.54, 1.807) is 36.7 Å². The standard InChI is InChI=1S/C20H20N6O2/c1-11(2)26-18-17(13(4)25-26)14(10-12(3)22-18)19(27)24-20-21-8-7-15(23-20)16-6-5-9-28-16/h5-11H,1-4H3,(H,21,23,24,27). The molecule has 0 saturated heterocycles. The maximum atomic E-state index is 13.0. The van der Waals surface area contributed by atoms with E-state index in [4.69, 9.17) is 4.42 Å². The summed E-state index contributed by atoms with van der Waals surface area (Å²) in [6.07, 6.45) is 3.15. The monoisotopic (exact) mass is 376 g/mol. The Balaban J connectivity index is 1.73. The van der Waals surface area contributed by atoms with Crippen LogP contribution in [0.5, 0.6) is 0 Å². The molecular formula is C20H20N6O2. The largest absolute Gasteiger partial charge is 0.463 e. The third-order valence-electron chi connectivity index (χ3n) is 4.35. The predicted octanol–water partition coefficient (Wildman–Crippen LogP) is 3.93. The lowest BCUT2D eigenvalue weighted by molar-refractivity contribution is 0.102. The van der Waals surface area contributed by atoms with Gasteiger partial charge in [0, 0.05) is 17.9 Å². The first-order valence-electron chi connectivity index (χ1n) is 8.98. The molecule has 4 aromatic heterocycles. The molecule has 0 fully saturated rings. The Morgan fingerprint density at radius 2 is 2.04 bits per heavy atom. The minimum atomic E-state index is -0.307. The fourth-order valence-electron chi connectivity index (χ4n) is 3.13. The summed E-state index contributed by atoms with van der Waals surface area (Å²) in [4.78, 5) is 26.1. The topological polar surface area (TPSA) is 98.7 Å². The van der Waals surface area contributed by atoms with Crippen molar-refractivity contribution in [1.29, 1.82) is 0 Å². The SMILES string of the molecule is Cc1cc(C(=O)Nc2nccc(-c3ccco3)n2)c2c(C)nn(C(C)C)c2n1. The van der Waals surface area contributed by atoms with E-state index in [1.165, 1.54) is 0 Å². The van der Waals surface area contributed by atoms with Crippen LogP contribution in [0.2, 0.25) is 0 Å². The molecule has 0 saturated carbocycles. The Hall–Kier alpha value is -3.55. The van der Waals surface area contributed by atoms with Crippen molar-refractivity contribution in [3.63, 3.8) is 0 Å². The van der Waals surface area contributed by atoms with Crippen LogP contribution in [-0.4, -0.2) is 30.6 Å². The summed E-state index contributed by atoms with van der Waals surface area (Å²) in [5, 5.41) is 8.07. The van der Waals surface area contributed by atoms with Crippen molar-refractivity contribution in [3.8, 4) is 11.5 Å². The van der Waals surface area contributed by atoms with Gasteiger partial charge in [-0.1, -0.05) is 0 Å². The van der Waals surface area contributed by atoms with E-state index in [1.807, 2.05) is 32.4 Å². The molecule has 4 heterocycles. The van der Waals surface area contributed by atoms with Crippen molar-refractivity contribution >= 4 is 22.9 Å². The quantitative estimate of drug-likeness (QED) is 0.579. The summed E-state index contributed by atoms with van der Waals surface area (Å²) in [7, 11) is 0. The van der Waals surface area contributed by atoms with Crippen LogP contribution >= 0.6 is 0 Å². The average molecular weight is 376 g/mol. The zero-order valence-corrected chi connectivity index (χ0v) is 16.1. The molecule has 0 spiro atoms. The van der Waals surface area contributed by atoms with Crippen molar-refractivity contribution in [3.05, 3.63) is 53.7 Å². The molecule has 8 nitrogen and oxygen atoms in total. The van der Waals surface area contributed by atoms with E-state index in [2.05, 4.69) is 25.4 Å². The summed E-state index contributed by atoms with van der Waals surface area (Å²) in [6, 6.07) is 7.19. The van der Waals surface area contributed by atoms with Crippen LogP contribution in [0.4, 0.5) is 5.95 Å². The number of fused-ring (bicyclic) bond motifs is 1. The van der Waals surface area contributed by atoms with Crippen LogP contribution in [0.1, 0.15) is 41.6 Å². The Kier molecular flexibility index (Phi) is 4.38. The number of carbonyl (C=O) groups excluding carboxylic acids is 1. The molecular weight excluding hydrogens is 356 g/mol. The Labute approximate surface area is 161 Å². The summed E-state index contributed by atoms with van der Waals surface area (Å²) in [6.45, 7) is 7.80. The lowest BCUT2D eigenvalue weighted by Gasteiger charge is -2.09. The molecule has 0 aliphatic carbocycles. The number of carbonyl (C=O) groups is 1. The second-order valence-corrected chi connectivity index (χ2v) is 6.83. The summed E-state index contributed by atoms with van der Waals surface area (Å²) >= 11 is 0. The highest BCUT2D eigenvalue weighted by molar-refractivity contribution is 6.12. The first-order chi connectivity index (χ1) is 13.4. The molecule has 4 rings (SSSR count). The number of hydrogen-bond donors (Lipinski definition) is 1. The van der Waals surface area contributed by atoms with Crippen molar-refractivity contribution in [2.24, 2.45) is 0 Å². The molecule has 0 bridgehead atoms. The van der Waals surface area contributed by atoms with Crippen LogP contribution in [0.25, 0.3) is 22.5 Å². The highest BCUT2D eigenvalue weighted by atomic mass is 16.3. The highest BCUT2D eigenvalue weighted by Gasteiger charge is 2.20. The third kappa shape index (κ3) is 3.13. The smallest absolute Gasteiger partial charge is 0.258 e. The number of amides is 1. The molecule has 0 radical (unpaired) electrons. The van der Waals surface area contributed by atoms with Crippen LogP contribution in [-0.2, 0) is 0 Å². The van der Waals surface area contributed by atoms with Gasteiger partial charge in [-0.05, 0) is 52.0 Å². The van der Waals surface area contributed by atoms with Crippen LogP contribution in [0, 0.1) is 13.8 Å². The maximum Gasteiger partial charge on any atom is 0.258 e. The van der Waals surface area contributed by atoms with Crippen molar-refractivity contribution in [2.45, 2.75) is 33.7 Å². The van der Waals surface area contributed by atoms with Gasteiger partial charge in [0.2, 0.25) is 5.95 Å². The van der Waals surface area contributed by atoms with Crippen molar-refractivity contribution in [1.82, 2.24) is 24.7 Å². The minimum absolute atomic E-state index is 0.134. The number of hydrogen-bond acceptors (Lipinski definition) is 6. The fraction of sp³-hybridized carbons (Fsp3) is 0.250. The lowest BCUT2D eigenvalue weighted by atomic mass is 10.1. The van der Waals surface area contributed by atoms with Gasteiger partial charge < -0.3 is 4.42 Å². The van der Waals surface area contributed by atoms with Crippen LogP contribution in [0.3, 0.4) is 0 Å². The van der Waals surface area contributed by atoms with Gasteiger partial charge in [-0.15, -0.1) is 0 Å². The molecule has 0 atom stereocenters. The summed E-state index contributed by atoms with van der Waals surface area (Å²) in [5.41, 5.74) is 3.29. The zero-order chi connectivity index (χ0) is 19.8. The molecule has 28 heavy (non-hydrogen) atoms. The van der Waals surface area contributed by atoms with Gasteiger partial charge >= 0.3 is 0 Å². The third-order valence-corrected chi connectivity index (χ3v) is 4.35. The molecule has 0 aromatic carbocycles. The predicted molar refractivity (Wildman–Crippen MR) is 105 cm³/mol. The number of furan rings is 1. The Bertz CT molecular complexity index is 1160. The Morgan fingerprint density at radius 3 is 2.75 bits per heavy atom. The number of nitrogens with zero attached hydrogens (tertiary/aromatic N) is 5. The number of aromatic nitrogens is 5. The van der Waals surface area contributed by atoms with Gasteiger partial charge in [-0.3, -0.25) is 10.1 Å². The first kappa shape index (κ1) is 17.8. The number of nitrogens with one attached hydrogen (secondary N) is 1. The molecule has 0 unspecified atom stereocenters. The normalized spacial score (nSPS) is 11.3. The van der Waals surface area contributed by atoms with Gasteiger partial charge in [-0.25, -0.2) is 19.6 Å². The summed E-state index contributed by atoms with van der Waals surface area (Å²) in [5.74, 6) is 0.503. The highest BCUT2D eigenvalue weighted by Crippen LogP contribution is 2.25. The number of pyridine rings is 1. The second-order valence-electron chi connectivity index (χ2n) is 6.83. The molecule has 8 heteroatoms. The van der Waals surface area contributed by atoms with E-state index in [0.717, 1.165) is 16.8 Å². The van der Waals surface area contributed by atoms with Gasteiger partial charge in [0.1, 0.15) is 5.69 Å². The van der Waals surface area contributed by atoms with E-state index in [-0.39, 0.29) is 17.9 Å². The second kappa shape index (κ2) is 6.88. The van der Waals surface area contributed by atoms with Gasteiger partial charge in [0.15, 0.2) is 11.4 Å². The molecule has 142 valence electrons. The number of rotatable bonds is 4. The van der Waals surface area contributed by atoms with E-state index < -0.39 is 0 Å². The molecule has 0 aliphatic rings. The lowest BCUT2D eigenvalue weighted by Crippen LogP contribution is -2.15. The number of anilines is 1. The summed E-state index contributed by atoms with van der Waals surface area (Å²) < 4.78 is 7.19. The zero-order valence-electron chi connectivity index (χ0n) is 16.1. The van der Waals surface area contributed by atoms with E-state index >= 15 is 0 Å². The van der Waals surface area contributed by atoms with Gasteiger partial charge in [0.05, 0.1) is 22.9 Å². The molecule has 1 amide bonds. The fourth-order valence-corrected chi connectivity index (χ4v) is 3.13. The van der Waals surface area contributed by atoms with E-state index in [0.29, 0.717) is 22.7 Å². The average Bonchev–Trinajstić information content (AvgIpc) is 3.30. The molecule has 1 N–H and O–H groups in total. The van der Waals surface area contributed by atoms with Gasteiger partial charge in [0.25, 0.3) is 5.91 Å². The van der Waals surface area contributed by atoms with Crippen LogP contribution in [0.15, 0.2) is 41.1 Å². The first-order valence-corrected chi connectivity index (χ1v) is 8.98. The van der Waals surface area contributed by atoms with Crippen molar-refractivity contribution < 1.29 is 9.21 Å². The van der Waals surface area contributed by atoms with Gasteiger partial charge in [-0.2, -0.15) is 5.10 Å². The molecule has 0 aliphatic heterocycles. The Morgan fingerprint density at radius 1 is 1.21 bits per heavy atom. The van der Waals surface area contributed by atoms with Crippen molar-refractivity contribution in [2.75, 3.05) is 5.32 Å². The van der Waals surface area contributed by atoms with E-state index in [9.17, 15) is 4.79 Å². The maximum absolute atomic E-state index is 13.0. The van der Waals surface area contributed by atoms with Crippen LogP contribution < -0.4 is 5.32 Å². The number of aryl methyl sites for hydroxylation is 2.